The second-order valence-corrected chi connectivity index (χ2v) is 10.6. The molecule has 8 heteroatoms. The predicted molar refractivity (Wildman–Crippen MR) is 136 cm³/mol. The number of aryl methyl sites for hydroxylation is 3. The van der Waals surface area contributed by atoms with Crippen LogP contribution in [0.3, 0.4) is 0 Å². The molecule has 0 saturated heterocycles. The molecule has 0 aliphatic carbocycles. The van der Waals surface area contributed by atoms with Gasteiger partial charge >= 0.3 is 0 Å². The van der Waals surface area contributed by atoms with Crippen LogP contribution in [0.15, 0.2) is 65.6 Å². The number of carbonyl (C=O) groups excluding carboxylic acids is 1. The molecule has 0 unspecified atom stereocenters. The standard InChI is InChI=1S/C27H30N2O5S/c1-18-8-11-22(12-9-18)35(31,32)29-17-26(34-25-16-19(2)10-13-23(25)29)27(30)28-14-15-33-24-7-5-6-20(3)21(24)4/h5-13,16,26H,14-15,17H2,1-4H3,(H,28,30)/t26-/m1/s1. The first-order chi connectivity index (χ1) is 16.7. The van der Waals surface area contributed by atoms with Gasteiger partial charge in [-0.2, -0.15) is 0 Å². The molecule has 0 radical (unpaired) electrons. The fourth-order valence-electron chi connectivity index (χ4n) is 3.89. The molecule has 1 aliphatic rings. The van der Waals surface area contributed by atoms with Gasteiger partial charge in [0.2, 0.25) is 0 Å². The summed E-state index contributed by atoms with van der Waals surface area (Å²) in [5, 5.41) is 2.81. The van der Waals surface area contributed by atoms with E-state index in [4.69, 9.17) is 9.47 Å². The maximum absolute atomic E-state index is 13.5. The van der Waals surface area contributed by atoms with Gasteiger partial charge in [0.05, 0.1) is 23.7 Å². The van der Waals surface area contributed by atoms with Gasteiger partial charge in [-0.15, -0.1) is 0 Å². The maximum atomic E-state index is 13.5. The lowest BCUT2D eigenvalue weighted by Gasteiger charge is -2.35. The second kappa shape index (κ2) is 10.00. The van der Waals surface area contributed by atoms with E-state index >= 15 is 0 Å². The van der Waals surface area contributed by atoms with Crippen LogP contribution in [0.4, 0.5) is 5.69 Å². The van der Waals surface area contributed by atoms with E-state index in [9.17, 15) is 13.2 Å². The fourth-order valence-corrected chi connectivity index (χ4v) is 5.37. The molecule has 3 aromatic carbocycles. The normalized spacial score (nSPS) is 15.2. The number of nitrogens with zero attached hydrogens (tertiary/aromatic N) is 1. The number of nitrogens with one attached hydrogen (secondary N) is 1. The molecule has 4 rings (SSSR count). The lowest BCUT2D eigenvalue weighted by molar-refractivity contribution is -0.127. The molecule has 1 amide bonds. The van der Waals surface area contributed by atoms with Crippen LogP contribution in [-0.2, 0) is 14.8 Å². The average molecular weight is 495 g/mol. The molecule has 1 heterocycles. The van der Waals surface area contributed by atoms with Gasteiger partial charge < -0.3 is 14.8 Å². The first kappa shape index (κ1) is 24.6. The molecule has 7 nitrogen and oxygen atoms in total. The maximum Gasteiger partial charge on any atom is 0.264 e. The lowest BCUT2D eigenvalue weighted by atomic mass is 10.1. The van der Waals surface area contributed by atoms with Crippen molar-refractivity contribution >= 4 is 21.6 Å². The van der Waals surface area contributed by atoms with Gasteiger partial charge in [-0.25, -0.2) is 8.42 Å². The SMILES string of the molecule is Cc1ccc(S(=O)(=O)N2C[C@H](C(=O)NCCOc3cccc(C)c3C)Oc3cc(C)ccc32)cc1. The van der Waals surface area contributed by atoms with Crippen molar-refractivity contribution in [2.75, 3.05) is 24.0 Å². The van der Waals surface area contributed by atoms with E-state index in [1.54, 1.807) is 36.4 Å². The molecule has 0 spiro atoms. The molecule has 0 saturated carbocycles. The van der Waals surface area contributed by atoms with Gasteiger partial charge in [-0.05, 0) is 74.7 Å². The number of sulfonamides is 1. The number of ether oxygens (including phenoxy) is 2. The molecule has 3 aromatic rings. The number of rotatable bonds is 7. The summed E-state index contributed by atoms with van der Waals surface area (Å²) in [6.45, 7) is 8.20. The number of anilines is 1. The van der Waals surface area contributed by atoms with Crippen LogP contribution in [0.25, 0.3) is 0 Å². The molecule has 0 bridgehead atoms. The Morgan fingerprint density at radius 1 is 1.03 bits per heavy atom. The zero-order valence-electron chi connectivity index (χ0n) is 20.4. The zero-order valence-corrected chi connectivity index (χ0v) is 21.2. The molecule has 0 fully saturated rings. The summed E-state index contributed by atoms with van der Waals surface area (Å²) in [6.07, 6.45) is -0.995. The number of fused-ring (bicyclic) bond motifs is 1. The smallest absolute Gasteiger partial charge is 0.264 e. The fraction of sp³-hybridized carbons (Fsp3) is 0.296. The molecule has 184 valence electrons. The topological polar surface area (TPSA) is 84.9 Å². The van der Waals surface area contributed by atoms with Crippen molar-refractivity contribution < 1.29 is 22.7 Å². The Morgan fingerprint density at radius 2 is 1.74 bits per heavy atom. The first-order valence-corrected chi connectivity index (χ1v) is 12.9. The van der Waals surface area contributed by atoms with Gasteiger partial charge in [-0.1, -0.05) is 35.9 Å². The van der Waals surface area contributed by atoms with Crippen LogP contribution in [0.1, 0.15) is 22.3 Å². The summed E-state index contributed by atoms with van der Waals surface area (Å²) in [4.78, 5) is 13.1. The number of amides is 1. The molecule has 1 atom stereocenters. The summed E-state index contributed by atoms with van der Waals surface area (Å²) in [6, 6.07) is 17.8. The van der Waals surface area contributed by atoms with E-state index < -0.39 is 22.0 Å². The lowest BCUT2D eigenvalue weighted by Crippen LogP contribution is -2.51. The Balaban J connectivity index is 1.49. The first-order valence-electron chi connectivity index (χ1n) is 11.5. The summed E-state index contributed by atoms with van der Waals surface area (Å²) < 4.78 is 40.0. The highest BCUT2D eigenvalue weighted by Gasteiger charge is 2.37. The Morgan fingerprint density at radius 3 is 2.49 bits per heavy atom. The summed E-state index contributed by atoms with van der Waals surface area (Å²) in [5.74, 6) is 0.734. The Kier molecular flexibility index (Phi) is 7.03. The highest BCUT2D eigenvalue weighted by Crippen LogP contribution is 2.37. The Hall–Kier alpha value is -3.52. The van der Waals surface area contributed by atoms with Crippen molar-refractivity contribution in [1.82, 2.24) is 5.32 Å². The summed E-state index contributed by atoms with van der Waals surface area (Å²) in [7, 11) is -3.89. The second-order valence-electron chi connectivity index (χ2n) is 8.76. The van der Waals surface area contributed by atoms with Crippen molar-refractivity contribution in [2.45, 2.75) is 38.7 Å². The molecule has 1 aliphatic heterocycles. The van der Waals surface area contributed by atoms with Gasteiger partial charge in [0.1, 0.15) is 18.1 Å². The summed E-state index contributed by atoms with van der Waals surface area (Å²) >= 11 is 0. The van der Waals surface area contributed by atoms with E-state index in [1.807, 2.05) is 52.0 Å². The van der Waals surface area contributed by atoms with E-state index in [0.29, 0.717) is 11.4 Å². The number of hydrogen-bond donors (Lipinski definition) is 1. The van der Waals surface area contributed by atoms with Crippen LogP contribution in [-0.4, -0.2) is 40.1 Å². The van der Waals surface area contributed by atoms with Crippen molar-refractivity contribution in [1.29, 1.82) is 0 Å². The van der Waals surface area contributed by atoms with Crippen molar-refractivity contribution in [2.24, 2.45) is 0 Å². The third kappa shape index (κ3) is 5.27. The molecular formula is C27H30N2O5S. The van der Waals surface area contributed by atoms with E-state index in [0.717, 1.165) is 28.0 Å². The predicted octanol–water partition coefficient (Wildman–Crippen LogP) is 4.07. The van der Waals surface area contributed by atoms with Gasteiger partial charge in [0, 0.05) is 0 Å². The Bertz CT molecular complexity index is 1340. The minimum atomic E-state index is -3.89. The van der Waals surface area contributed by atoms with Crippen LogP contribution in [0, 0.1) is 27.7 Å². The monoisotopic (exact) mass is 494 g/mol. The van der Waals surface area contributed by atoms with E-state index in [1.165, 1.54) is 4.31 Å². The zero-order chi connectivity index (χ0) is 25.2. The van der Waals surface area contributed by atoms with Crippen LogP contribution in [0.2, 0.25) is 0 Å². The largest absolute Gasteiger partial charge is 0.491 e. The highest BCUT2D eigenvalue weighted by atomic mass is 32.2. The van der Waals surface area contributed by atoms with Crippen molar-refractivity contribution in [3.8, 4) is 11.5 Å². The van der Waals surface area contributed by atoms with E-state index in [2.05, 4.69) is 5.32 Å². The third-order valence-corrected chi connectivity index (χ3v) is 7.89. The average Bonchev–Trinajstić information content (AvgIpc) is 2.83. The Labute approximate surface area is 206 Å². The van der Waals surface area contributed by atoms with Gasteiger partial charge in [0.25, 0.3) is 15.9 Å². The highest BCUT2D eigenvalue weighted by molar-refractivity contribution is 7.92. The minimum absolute atomic E-state index is 0.129. The molecule has 35 heavy (non-hydrogen) atoms. The minimum Gasteiger partial charge on any atom is -0.491 e. The quantitative estimate of drug-likeness (QED) is 0.501. The molecule has 1 N–H and O–H groups in total. The van der Waals surface area contributed by atoms with Crippen LogP contribution in [0.5, 0.6) is 11.5 Å². The van der Waals surface area contributed by atoms with Gasteiger partial charge in [-0.3, -0.25) is 9.10 Å². The number of benzene rings is 3. The molecular weight excluding hydrogens is 464 g/mol. The van der Waals surface area contributed by atoms with Crippen LogP contribution >= 0.6 is 0 Å². The van der Waals surface area contributed by atoms with Crippen LogP contribution < -0.4 is 19.1 Å². The number of carbonyl (C=O) groups is 1. The van der Waals surface area contributed by atoms with Gasteiger partial charge in [0.15, 0.2) is 6.10 Å². The summed E-state index contributed by atoms with van der Waals surface area (Å²) in [5.41, 5.74) is 4.46. The third-order valence-electron chi connectivity index (χ3n) is 6.10. The van der Waals surface area contributed by atoms with Crippen molar-refractivity contribution in [3.63, 3.8) is 0 Å². The van der Waals surface area contributed by atoms with E-state index in [-0.39, 0.29) is 24.6 Å². The van der Waals surface area contributed by atoms with Crippen molar-refractivity contribution in [3.05, 3.63) is 82.9 Å². The molecule has 0 aromatic heterocycles. The number of hydrogen-bond acceptors (Lipinski definition) is 5.